The van der Waals surface area contributed by atoms with Crippen LogP contribution in [0.5, 0.6) is 5.88 Å². The Morgan fingerprint density at radius 2 is 1.89 bits per heavy atom. The van der Waals surface area contributed by atoms with Gasteiger partial charge in [0, 0.05) is 43.6 Å². The zero-order chi connectivity index (χ0) is 26.2. The molecule has 5 rings (SSSR count). The summed E-state index contributed by atoms with van der Waals surface area (Å²) in [5.74, 6) is 0.983. The van der Waals surface area contributed by atoms with Gasteiger partial charge in [0.15, 0.2) is 0 Å². The van der Waals surface area contributed by atoms with Crippen LogP contribution in [-0.4, -0.2) is 87.5 Å². The highest BCUT2D eigenvalue weighted by Crippen LogP contribution is 2.47. The number of aliphatic hydroxyl groups excluding tert-OH is 1. The molecule has 2 fully saturated rings. The standard InChI is InChI=1S/C27H41N5O4S/c1-27(2,3)36-26(34)32-12-10-31(11-13-32)18-5-7-20(8-6-18)35-24-23-22-17(14-19(33)15-28)4-9-21(22)37-25(23)30-16-29-24/h16-20,33H,4-15,28H2,1-3H3/t17-,18?,19?,20?/m1/s1. The van der Waals surface area contributed by atoms with E-state index in [0.717, 1.165) is 61.8 Å². The summed E-state index contributed by atoms with van der Waals surface area (Å²) in [5.41, 5.74) is 6.51. The van der Waals surface area contributed by atoms with Crippen molar-refractivity contribution in [2.75, 3.05) is 32.7 Å². The monoisotopic (exact) mass is 531 g/mol. The summed E-state index contributed by atoms with van der Waals surface area (Å²) in [7, 11) is 0. The molecular weight excluding hydrogens is 490 g/mol. The third kappa shape index (κ3) is 6.02. The van der Waals surface area contributed by atoms with E-state index in [1.54, 1.807) is 17.7 Å². The number of aryl methyl sites for hydroxylation is 1. The number of nitrogens with zero attached hydrogens (tertiary/aromatic N) is 4. The van der Waals surface area contributed by atoms with Crippen molar-refractivity contribution in [1.29, 1.82) is 0 Å². The van der Waals surface area contributed by atoms with Gasteiger partial charge in [-0.25, -0.2) is 14.8 Å². The fourth-order valence-electron chi connectivity index (χ4n) is 6.07. The predicted molar refractivity (Wildman–Crippen MR) is 144 cm³/mol. The van der Waals surface area contributed by atoms with Gasteiger partial charge < -0.3 is 25.2 Å². The first-order valence-electron chi connectivity index (χ1n) is 13.7. The second-order valence-electron chi connectivity index (χ2n) is 11.7. The van der Waals surface area contributed by atoms with Crippen LogP contribution in [0.4, 0.5) is 4.79 Å². The number of nitrogens with two attached hydrogens (primary N) is 1. The number of ether oxygens (including phenoxy) is 2. The van der Waals surface area contributed by atoms with Gasteiger partial charge in [-0.2, -0.15) is 0 Å². The molecule has 0 bridgehead atoms. The summed E-state index contributed by atoms with van der Waals surface area (Å²) in [6, 6.07) is 0.526. The van der Waals surface area contributed by atoms with Gasteiger partial charge in [0.25, 0.3) is 0 Å². The Balaban J connectivity index is 1.17. The molecule has 3 N–H and O–H groups in total. The molecule has 9 nitrogen and oxygen atoms in total. The second kappa shape index (κ2) is 11.0. The largest absolute Gasteiger partial charge is 0.474 e. The van der Waals surface area contributed by atoms with Crippen LogP contribution in [-0.2, 0) is 11.2 Å². The maximum atomic E-state index is 12.4. The zero-order valence-electron chi connectivity index (χ0n) is 22.3. The third-order valence-electron chi connectivity index (χ3n) is 7.93. The summed E-state index contributed by atoms with van der Waals surface area (Å²) in [6.45, 7) is 9.21. The van der Waals surface area contributed by atoms with Gasteiger partial charge >= 0.3 is 6.09 Å². The summed E-state index contributed by atoms with van der Waals surface area (Å²) in [4.78, 5) is 28.2. The van der Waals surface area contributed by atoms with Crippen LogP contribution in [0, 0.1) is 0 Å². The highest BCUT2D eigenvalue weighted by atomic mass is 32.1. The highest BCUT2D eigenvalue weighted by molar-refractivity contribution is 7.19. The summed E-state index contributed by atoms with van der Waals surface area (Å²) in [6.07, 6.45) is 7.94. The second-order valence-corrected chi connectivity index (χ2v) is 12.8. The van der Waals surface area contributed by atoms with Crippen LogP contribution >= 0.6 is 11.3 Å². The third-order valence-corrected chi connectivity index (χ3v) is 9.10. The van der Waals surface area contributed by atoms with Gasteiger partial charge in [-0.3, -0.25) is 4.90 Å². The molecule has 1 aliphatic heterocycles. The van der Waals surface area contributed by atoms with Gasteiger partial charge in [0.05, 0.1) is 11.5 Å². The molecule has 0 radical (unpaired) electrons. The number of carbonyl (C=O) groups is 1. The molecule has 3 aliphatic rings. The first-order valence-corrected chi connectivity index (χ1v) is 14.6. The topological polar surface area (TPSA) is 114 Å². The summed E-state index contributed by atoms with van der Waals surface area (Å²) < 4.78 is 12.1. The molecule has 0 spiro atoms. The lowest BCUT2D eigenvalue weighted by Crippen LogP contribution is -2.53. The van der Waals surface area contributed by atoms with Gasteiger partial charge in [0.1, 0.15) is 22.9 Å². The average molecular weight is 532 g/mol. The maximum absolute atomic E-state index is 12.4. The van der Waals surface area contributed by atoms with Crippen LogP contribution in [0.1, 0.15) is 75.7 Å². The minimum Gasteiger partial charge on any atom is -0.474 e. The highest BCUT2D eigenvalue weighted by Gasteiger charge is 2.34. The Hall–Kier alpha value is -2.01. The Labute approximate surface area is 223 Å². The number of aliphatic hydroxyl groups is 1. The molecule has 2 aromatic heterocycles. The average Bonchev–Trinajstić information content (AvgIpc) is 3.43. The van der Waals surface area contributed by atoms with Crippen molar-refractivity contribution in [3.8, 4) is 5.88 Å². The number of thiophene rings is 1. The van der Waals surface area contributed by atoms with Crippen LogP contribution in [0.3, 0.4) is 0 Å². The van der Waals surface area contributed by atoms with Crippen molar-refractivity contribution in [2.24, 2.45) is 5.73 Å². The molecule has 10 heteroatoms. The SMILES string of the molecule is CC(C)(C)OC(=O)N1CCN(C2CCC(Oc3ncnc4sc5c(c34)[C@@H](CC(O)CN)CC5)CC2)CC1. The number of piperazine rings is 1. The van der Waals surface area contributed by atoms with Gasteiger partial charge in [-0.15, -0.1) is 11.3 Å². The molecular formula is C27H41N5O4S. The minimum atomic E-state index is -0.485. The molecule has 204 valence electrons. The molecule has 2 atom stereocenters. The number of hydrogen-bond acceptors (Lipinski definition) is 9. The Kier molecular flexibility index (Phi) is 7.91. The van der Waals surface area contributed by atoms with Crippen molar-refractivity contribution in [3.05, 3.63) is 16.8 Å². The Morgan fingerprint density at radius 1 is 1.16 bits per heavy atom. The smallest absolute Gasteiger partial charge is 0.410 e. The number of fused-ring (bicyclic) bond motifs is 3. The summed E-state index contributed by atoms with van der Waals surface area (Å²) in [5, 5.41) is 11.2. The van der Waals surface area contributed by atoms with Gasteiger partial charge in [-0.1, -0.05) is 0 Å². The molecule has 37 heavy (non-hydrogen) atoms. The number of rotatable bonds is 6. The predicted octanol–water partition coefficient (Wildman–Crippen LogP) is 3.67. The number of carbonyl (C=O) groups excluding carboxylic acids is 1. The van der Waals surface area contributed by atoms with E-state index in [4.69, 9.17) is 15.2 Å². The van der Waals surface area contributed by atoms with Crippen molar-refractivity contribution in [1.82, 2.24) is 19.8 Å². The van der Waals surface area contributed by atoms with E-state index >= 15 is 0 Å². The van der Waals surface area contributed by atoms with Crippen molar-refractivity contribution in [3.63, 3.8) is 0 Å². The van der Waals surface area contributed by atoms with Crippen LogP contribution in [0.15, 0.2) is 6.33 Å². The van der Waals surface area contributed by atoms with E-state index in [1.165, 1.54) is 10.4 Å². The molecule has 1 saturated carbocycles. The fraction of sp³-hybridized carbons (Fsp3) is 0.741. The lowest BCUT2D eigenvalue weighted by molar-refractivity contribution is 0.00508. The number of hydrogen-bond donors (Lipinski definition) is 2. The maximum Gasteiger partial charge on any atom is 0.410 e. The summed E-state index contributed by atoms with van der Waals surface area (Å²) >= 11 is 1.74. The van der Waals surface area contributed by atoms with Crippen LogP contribution in [0.25, 0.3) is 10.2 Å². The first kappa shape index (κ1) is 26.6. The lowest BCUT2D eigenvalue weighted by atomic mass is 9.91. The molecule has 3 heterocycles. The molecule has 1 unspecified atom stereocenters. The lowest BCUT2D eigenvalue weighted by Gasteiger charge is -2.42. The van der Waals surface area contributed by atoms with E-state index in [9.17, 15) is 9.90 Å². The Morgan fingerprint density at radius 3 is 2.57 bits per heavy atom. The number of aromatic nitrogens is 2. The zero-order valence-corrected chi connectivity index (χ0v) is 23.1. The normalized spacial score (nSPS) is 25.8. The van der Waals surface area contributed by atoms with Gasteiger partial charge in [-0.05, 0) is 77.2 Å². The quantitative estimate of drug-likeness (QED) is 0.580. The number of amides is 1. The van der Waals surface area contributed by atoms with Crippen molar-refractivity contribution in [2.45, 2.75) is 95.5 Å². The molecule has 1 amide bonds. The minimum absolute atomic E-state index is 0.141. The molecule has 2 aromatic rings. The van der Waals surface area contributed by atoms with Crippen molar-refractivity contribution >= 4 is 27.6 Å². The van der Waals surface area contributed by atoms with E-state index in [2.05, 4.69) is 14.9 Å². The van der Waals surface area contributed by atoms with E-state index in [1.807, 2.05) is 25.7 Å². The van der Waals surface area contributed by atoms with E-state index in [-0.39, 0.29) is 24.7 Å². The molecule has 0 aromatic carbocycles. The van der Waals surface area contributed by atoms with E-state index < -0.39 is 11.7 Å². The van der Waals surface area contributed by atoms with Crippen molar-refractivity contribution < 1.29 is 19.4 Å². The Bertz CT molecular complexity index is 1090. The molecule has 2 aliphatic carbocycles. The van der Waals surface area contributed by atoms with Crippen LogP contribution < -0.4 is 10.5 Å². The first-order chi connectivity index (χ1) is 17.7. The van der Waals surface area contributed by atoms with E-state index in [0.29, 0.717) is 31.4 Å². The van der Waals surface area contributed by atoms with Gasteiger partial charge in [0.2, 0.25) is 5.88 Å². The fourth-order valence-corrected chi connectivity index (χ4v) is 7.30. The van der Waals surface area contributed by atoms with Crippen LogP contribution in [0.2, 0.25) is 0 Å². The molecule has 1 saturated heterocycles.